The molecule has 17 heavy (non-hydrogen) atoms. The zero-order valence-corrected chi connectivity index (χ0v) is 10.2. The number of hydroxylamine groups is 1. The fourth-order valence-corrected chi connectivity index (χ4v) is 4.17. The van der Waals surface area contributed by atoms with Crippen LogP contribution in [0, 0.1) is 11.3 Å². The van der Waals surface area contributed by atoms with Gasteiger partial charge < -0.3 is 10.1 Å². The van der Waals surface area contributed by atoms with Gasteiger partial charge in [0.15, 0.2) is 0 Å². The lowest BCUT2D eigenvalue weighted by molar-refractivity contribution is -0.127. The molecule has 0 aromatic rings. The smallest absolute Gasteiger partial charge is 0.338 e. The van der Waals surface area contributed by atoms with Gasteiger partial charge in [0.05, 0.1) is 13.2 Å². The number of nitrogens with one attached hydrogen (secondary N) is 2. The van der Waals surface area contributed by atoms with Crippen LogP contribution >= 0.6 is 0 Å². The van der Waals surface area contributed by atoms with E-state index in [4.69, 9.17) is 4.74 Å². The van der Waals surface area contributed by atoms with Crippen molar-refractivity contribution in [2.45, 2.75) is 44.2 Å². The Kier molecular flexibility index (Phi) is 2.75. The minimum absolute atomic E-state index is 0.215. The molecule has 0 radical (unpaired) electrons. The number of amides is 2. The van der Waals surface area contributed by atoms with E-state index >= 15 is 0 Å². The van der Waals surface area contributed by atoms with E-state index in [2.05, 4.69) is 15.6 Å². The number of rotatable bonds is 2. The van der Waals surface area contributed by atoms with E-state index in [1.807, 2.05) is 0 Å². The molecule has 3 atom stereocenters. The van der Waals surface area contributed by atoms with Crippen molar-refractivity contribution in [2.75, 3.05) is 13.7 Å². The quantitative estimate of drug-likeness (QED) is 0.713. The normalized spacial score (nSPS) is 37.6. The molecule has 0 unspecified atom stereocenters. The molecule has 1 saturated heterocycles. The second-order valence-corrected chi connectivity index (χ2v) is 5.44. The van der Waals surface area contributed by atoms with Gasteiger partial charge >= 0.3 is 6.03 Å². The Balaban J connectivity index is 1.71. The predicted molar refractivity (Wildman–Crippen MR) is 61.2 cm³/mol. The van der Waals surface area contributed by atoms with Crippen LogP contribution in [0.5, 0.6) is 0 Å². The van der Waals surface area contributed by atoms with Crippen molar-refractivity contribution >= 4 is 6.03 Å². The summed E-state index contributed by atoms with van der Waals surface area (Å²) in [5.74, 6) is 0.510. The van der Waals surface area contributed by atoms with Gasteiger partial charge in [0.25, 0.3) is 0 Å². The highest BCUT2D eigenvalue weighted by atomic mass is 16.6. The summed E-state index contributed by atoms with van der Waals surface area (Å²) in [6.07, 6.45) is 6.35. The summed E-state index contributed by atoms with van der Waals surface area (Å²) in [6, 6.07) is 0.0433. The maximum Gasteiger partial charge on any atom is 0.338 e. The molecule has 2 amide bonds. The van der Waals surface area contributed by atoms with Crippen LogP contribution in [0.15, 0.2) is 0 Å². The predicted octanol–water partition coefficient (Wildman–Crippen LogP) is 1.19. The third-order valence-electron chi connectivity index (χ3n) is 4.77. The van der Waals surface area contributed by atoms with Gasteiger partial charge in [-0.25, -0.2) is 10.3 Å². The topological polar surface area (TPSA) is 59.6 Å². The first-order valence-electron chi connectivity index (χ1n) is 6.49. The Morgan fingerprint density at radius 2 is 2.18 bits per heavy atom. The Bertz CT molecular complexity index is 315. The molecule has 5 heteroatoms. The lowest BCUT2D eigenvalue weighted by atomic mass is 9.54. The van der Waals surface area contributed by atoms with Crippen LogP contribution in [0.4, 0.5) is 4.79 Å². The average Bonchev–Trinajstić information content (AvgIpc) is 2.94. The van der Waals surface area contributed by atoms with Crippen LogP contribution in [-0.4, -0.2) is 31.9 Å². The van der Waals surface area contributed by atoms with Gasteiger partial charge in [-0.2, -0.15) is 0 Å². The van der Waals surface area contributed by atoms with Gasteiger partial charge in [-0.15, -0.1) is 0 Å². The van der Waals surface area contributed by atoms with Crippen molar-refractivity contribution in [3.8, 4) is 0 Å². The molecule has 3 rings (SSSR count). The lowest BCUT2D eigenvalue weighted by Crippen LogP contribution is -2.69. The molecule has 0 aromatic heterocycles. The second kappa shape index (κ2) is 4.14. The summed E-state index contributed by atoms with van der Waals surface area (Å²) in [4.78, 5) is 16.2. The van der Waals surface area contributed by atoms with Crippen molar-refractivity contribution in [3.05, 3.63) is 0 Å². The van der Waals surface area contributed by atoms with Gasteiger partial charge in [0.1, 0.15) is 0 Å². The van der Waals surface area contributed by atoms with E-state index in [-0.39, 0.29) is 17.5 Å². The molecule has 5 nitrogen and oxygen atoms in total. The van der Waals surface area contributed by atoms with Crippen molar-refractivity contribution < 1.29 is 14.4 Å². The summed E-state index contributed by atoms with van der Waals surface area (Å²) >= 11 is 0. The molecule has 1 heterocycles. The number of hydrogen-bond acceptors (Lipinski definition) is 3. The molecule has 2 saturated carbocycles. The zero-order valence-electron chi connectivity index (χ0n) is 10.2. The van der Waals surface area contributed by atoms with Gasteiger partial charge in [-0.1, -0.05) is 12.8 Å². The van der Waals surface area contributed by atoms with E-state index in [1.165, 1.54) is 32.8 Å². The number of fused-ring (bicyclic) bond motifs is 2. The Morgan fingerprint density at radius 3 is 2.88 bits per heavy atom. The van der Waals surface area contributed by atoms with Gasteiger partial charge in [0, 0.05) is 24.0 Å². The minimum atomic E-state index is -0.228. The summed E-state index contributed by atoms with van der Waals surface area (Å²) in [7, 11) is 1.45. The highest BCUT2D eigenvalue weighted by Gasteiger charge is 2.65. The molecule has 0 bridgehead atoms. The van der Waals surface area contributed by atoms with E-state index < -0.39 is 0 Å². The van der Waals surface area contributed by atoms with Crippen LogP contribution in [0.25, 0.3) is 0 Å². The van der Waals surface area contributed by atoms with Crippen LogP contribution in [0.1, 0.15) is 32.1 Å². The Labute approximate surface area is 101 Å². The largest absolute Gasteiger partial charge is 0.377 e. The summed E-state index contributed by atoms with van der Waals surface area (Å²) in [5, 5.41) is 3.07. The van der Waals surface area contributed by atoms with Gasteiger partial charge in [-0.05, 0) is 19.3 Å². The number of urea groups is 1. The van der Waals surface area contributed by atoms with Crippen molar-refractivity contribution in [1.29, 1.82) is 0 Å². The summed E-state index contributed by atoms with van der Waals surface area (Å²) in [6.45, 7) is 0.848. The molecule has 2 aliphatic carbocycles. The van der Waals surface area contributed by atoms with Crippen LogP contribution < -0.4 is 10.8 Å². The van der Waals surface area contributed by atoms with Crippen molar-refractivity contribution in [2.24, 2.45) is 11.3 Å². The van der Waals surface area contributed by atoms with Gasteiger partial charge in [0.2, 0.25) is 0 Å². The molecule has 3 aliphatic rings. The molecule has 1 aliphatic heterocycles. The second-order valence-electron chi connectivity index (χ2n) is 5.44. The molecular weight excluding hydrogens is 220 g/mol. The monoisotopic (exact) mass is 240 g/mol. The highest BCUT2D eigenvalue weighted by molar-refractivity contribution is 5.73. The Morgan fingerprint density at radius 1 is 1.41 bits per heavy atom. The van der Waals surface area contributed by atoms with Crippen LogP contribution in [0.2, 0.25) is 0 Å². The number of ether oxygens (including phenoxy) is 1. The third kappa shape index (κ3) is 1.56. The fourth-order valence-electron chi connectivity index (χ4n) is 4.17. The molecule has 1 spiro atoms. The zero-order chi connectivity index (χ0) is 11.9. The van der Waals surface area contributed by atoms with Gasteiger partial charge in [-0.3, -0.25) is 4.84 Å². The first kappa shape index (κ1) is 11.3. The van der Waals surface area contributed by atoms with E-state index in [1.54, 1.807) is 0 Å². The molecule has 0 aromatic carbocycles. The third-order valence-corrected chi connectivity index (χ3v) is 4.77. The van der Waals surface area contributed by atoms with E-state index in [9.17, 15) is 4.79 Å². The first-order chi connectivity index (χ1) is 8.28. The number of carbonyl (C=O) groups excluding carboxylic acids is 1. The molecule has 2 N–H and O–H groups in total. The molecule has 96 valence electrons. The highest BCUT2D eigenvalue weighted by Crippen LogP contribution is 2.60. The maximum absolute atomic E-state index is 11.6. The van der Waals surface area contributed by atoms with Crippen LogP contribution in [0.3, 0.4) is 0 Å². The number of hydrogen-bond donors (Lipinski definition) is 2. The SMILES string of the molecule is CONC(=O)N[C@@H]1[C@@H]2CCO[C@H]2C12CCCC2. The fraction of sp³-hybridized carbons (Fsp3) is 0.917. The van der Waals surface area contributed by atoms with E-state index in [0.29, 0.717) is 12.0 Å². The maximum atomic E-state index is 11.6. The number of carbonyl (C=O) groups is 1. The van der Waals surface area contributed by atoms with E-state index in [0.717, 1.165) is 13.0 Å². The minimum Gasteiger partial charge on any atom is -0.377 e. The van der Waals surface area contributed by atoms with Crippen molar-refractivity contribution in [3.63, 3.8) is 0 Å². The Hall–Kier alpha value is -0.810. The first-order valence-corrected chi connectivity index (χ1v) is 6.49. The van der Waals surface area contributed by atoms with Crippen molar-refractivity contribution in [1.82, 2.24) is 10.8 Å². The lowest BCUT2D eigenvalue weighted by Gasteiger charge is -2.56. The van der Waals surface area contributed by atoms with Crippen LogP contribution in [-0.2, 0) is 9.57 Å². The standard InChI is InChI=1S/C12H20N2O3/c1-16-14-11(15)13-9-8-4-7-17-10(8)12(9)5-2-3-6-12/h8-10H,2-7H2,1H3,(H2,13,14,15)/t8-,9+,10+/m0/s1. The molecular formula is C12H20N2O3. The average molecular weight is 240 g/mol. The summed E-state index contributed by atoms with van der Waals surface area (Å²) < 4.78 is 5.86. The molecule has 3 fully saturated rings. The summed E-state index contributed by atoms with van der Waals surface area (Å²) in [5.41, 5.74) is 2.55.